The lowest BCUT2D eigenvalue weighted by atomic mass is 9.73. The predicted octanol–water partition coefficient (Wildman–Crippen LogP) is 1.47. The number of nitrogens with one attached hydrogen (secondary N) is 2. The van der Waals surface area contributed by atoms with Crippen LogP contribution in [0.25, 0.3) is 0 Å². The first-order valence-corrected chi connectivity index (χ1v) is 7.28. The fourth-order valence-electron chi connectivity index (χ4n) is 3.11. The van der Waals surface area contributed by atoms with Crippen molar-refractivity contribution < 1.29 is 9.90 Å². The third-order valence-electron chi connectivity index (χ3n) is 4.66. The normalized spacial score (nSPS) is 32.4. The molecule has 3 N–H and O–H groups in total. The second-order valence-electron chi connectivity index (χ2n) is 6.16. The number of aliphatic hydroxyl groups excluding tert-OH is 1. The Hall–Kier alpha value is -0.320. The molecule has 5 heteroatoms. The molecule has 1 saturated carbocycles. The average molecular weight is 291 g/mol. The average Bonchev–Trinajstić information content (AvgIpc) is 2.41. The van der Waals surface area contributed by atoms with Gasteiger partial charge in [-0.2, -0.15) is 0 Å². The highest BCUT2D eigenvalue weighted by atomic mass is 35.5. The number of halogens is 1. The van der Waals surface area contributed by atoms with Gasteiger partial charge in [0, 0.05) is 17.9 Å². The van der Waals surface area contributed by atoms with E-state index in [-0.39, 0.29) is 35.8 Å². The summed E-state index contributed by atoms with van der Waals surface area (Å²) in [6, 6.07) is 0. The van der Waals surface area contributed by atoms with Crippen LogP contribution in [0, 0.1) is 11.3 Å². The molecule has 4 nitrogen and oxygen atoms in total. The fourth-order valence-corrected chi connectivity index (χ4v) is 3.11. The van der Waals surface area contributed by atoms with E-state index < -0.39 is 0 Å². The highest BCUT2D eigenvalue weighted by molar-refractivity contribution is 5.85. The van der Waals surface area contributed by atoms with E-state index in [9.17, 15) is 9.90 Å². The Balaban J connectivity index is 0.00000180. The van der Waals surface area contributed by atoms with E-state index in [2.05, 4.69) is 17.6 Å². The van der Waals surface area contributed by atoms with Crippen molar-refractivity contribution in [3.63, 3.8) is 0 Å². The summed E-state index contributed by atoms with van der Waals surface area (Å²) in [7, 11) is 0. The molecule has 0 radical (unpaired) electrons. The highest BCUT2D eigenvalue weighted by Crippen LogP contribution is 2.35. The van der Waals surface area contributed by atoms with Gasteiger partial charge in [-0.3, -0.25) is 4.79 Å². The van der Waals surface area contributed by atoms with Gasteiger partial charge >= 0.3 is 0 Å². The lowest BCUT2D eigenvalue weighted by Crippen LogP contribution is -2.47. The van der Waals surface area contributed by atoms with Gasteiger partial charge in [-0.25, -0.2) is 0 Å². The molecule has 1 aliphatic carbocycles. The molecule has 19 heavy (non-hydrogen) atoms. The Kier molecular flexibility index (Phi) is 6.57. The predicted molar refractivity (Wildman–Crippen MR) is 78.4 cm³/mol. The van der Waals surface area contributed by atoms with Crippen LogP contribution < -0.4 is 10.6 Å². The van der Waals surface area contributed by atoms with E-state index in [0.29, 0.717) is 6.54 Å². The van der Waals surface area contributed by atoms with E-state index in [0.717, 1.165) is 51.6 Å². The van der Waals surface area contributed by atoms with Crippen molar-refractivity contribution in [1.29, 1.82) is 0 Å². The van der Waals surface area contributed by atoms with Crippen LogP contribution in [-0.2, 0) is 4.79 Å². The summed E-state index contributed by atoms with van der Waals surface area (Å²) in [6.45, 7) is 4.60. The largest absolute Gasteiger partial charge is 0.392 e. The maximum Gasteiger partial charge on any atom is 0.223 e. The molecule has 0 aromatic rings. The molecule has 1 aliphatic heterocycles. The fraction of sp³-hybridized carbons (Fsp3) is 0.929. The van der Waals surface area contributed by atoms with Crippen LogP contribution in [0.2, 0.25) is 0 Å². The van der Waals surface area contributed by atoms with Crippen LogP contribution in [0.4, 0.5) is 0 Å². The van der Waals surface area contributed by atoms with Gasteiger partial charge in [0.05, 0.1) is 6.10 Å². The van der Waals surface area contributed by atoms with Gasteiger partial charge in [0.15, 0.2) is 0 Å². The number of carbonyl (C=O) groups is 1. The molecule has 2 unspecified atom stereocenters. The van der Waals surface area contributed by atoms with Gasteiger partial charge in [-0.1, -0.05) is 19.8 Å². The first-order valence-electron chi connectivity index (χ1n) is 7.28. The summed E-state index contributed by atoms with van der Waals surface area (Å²) >= 11 is 0. The molecule has 112 valence electrons. The smallest absolute Gasteiger partial charge is 0.223 e. The van der Waals surface area contributed by atoms with Crippen molar-refractivity contribution >= 4 is 18.3 Å². The molecular formula is C14H27ClN2O2. The van der Waals surface area contributed by atoms with Crippen LogP contribution >= 0.6 is 12.4 Å². The molecule has 1 saturated heterocycles. The lowest BCUT2D eigenvalue weighted by Gasteiger charge is -2.39. The van der Waals surface area contributed by atoms with E-state index in [1.165, 1.54) is 0 Å². The van der Waals surface area contributed by atoms with Gasteiger partial charge < -0.3 is 15.7 Å². The van der Waals surface area contributed by atoms with Gasteiger partial charge in [0.2, 0.25) is 5.91 Å². The van der Waals surface area contributed by atoms with Crippen molar-refractivity contribution in [3.05, 3.63) is 0 Å². The molecule has 0 aromatic heterocycles. The van der Waals surface area contributed by atoms with Gasteiger partial charge in [0.25, 0.3) is 0 Å². The minimum Gasteiger partial charge on any atom is -0.392 e. The zero-order valence-electron chi connectivity index (χ0n) is 11.8. The Morgan fingerprint density at radius 3 is 2.63 bits per heavy atom. The quantitative estimate of drug-likeness (QED) is 0.738. The summed E-state index contributed by atoms with van der Waals surface area (Å²) in [5.74, 6) is 0.339. The summed E-state index contributed by atoms with van der Waals surface area (Å²) < 4.78 is 0. The number of aliphatic hydroxyl groups is 1. The summed E-state index contributed by atoms with van der Waals surface area (Å²) in [6.07, 6.45) is 5.77. The molecule has 2 aliphatic rings. The van der Waals surface area contributed by atoms with Gasteiger partial charge in [0.1, 0.15) is 0 Å². The number of piperidine rings is 1. The van der Waals surface area contributed by atoms with Gasteiger partial charge in [-0.15, -0.1) is 12.4 Å². The van der Waals surface area contributed by atoms with E-state index in [1.807, 2.05) is 0 Å². The SMILES string of the molecule is CC1(CNC(=O)C2CCNCC2)CCCCC1O.Cl. The summed E-state index contributed by atoms with van der Waals surface area (Å²) in [5.41, 5.74) is -0.124. The Morgan fingerprint density at radius 2 is 2.00 bits per heavy atom. The Bertz CT molecular complexity index is 295. The number of hydrogen-bond acceptors (Lipinski definition) is 3. The molecule has 0 aromatic carbocycles. The van der Waals surface area contributed by atoms with Gasteiger partial charge in [-0.05, 0) is 38.8 Å². The third-order valence-corrected chi connectivity index (χ3v) is 4.66. The van der Waals surface area contributed by atoms with Crippen molar-refractivity contribution in [2.24, 2.45) is 11.3 Å². The number of amides is 1. The maximum absolute atomic E-state index is 12.1. The zero-order valence-corrected chi connectivity index (χ0v) is 12.6. The third kappa shape index (κ3) is 4.33. The van der Waals surface area contributed by atoms with Crippen molar-refractivity contribution in [2.45, 2.75) is 51.6 Å². The first-order chi connectivity index (χ1) is 8.62. The standard InChI is InChI=1S/C14H26N2O2.ClH/c1-14(7-3-2-4-12(14)17)10-16-13(18)11-5-8-15-9-6-11;/h11-12,15,17H,2-10H2,1H3,(H,16,18);1H. The van der Waals surface area contributed by atoms with Crippen molar-refractivity contribution in [2.75, 3.05) is 19.6 Å². The number of rotatable bonds is 3. The van der Waals surface area contributed by atoms with Crippen LogP contribution in [-0.4, -0.2) is 36.8 Å². The van der Waals surface area contributed by atoms with E-state index in [4.69, 9.17) is 0 Å². The minimum absolute atomic E-state index is 0. The topological polar surface area (TPSA) is 61.4 Å². The number of carbonyl (C=O) groups excluding carboxylic acids is 1. The lowest BCUT2D eigenvalue weighted by molar-refractivity contribution is -0.127. The van der Waals surface area contributed by atoms with Crippen LogP contribution in [0.1, 0.15) is 45.4 Å². The van der Waals surface area contributed by atoms with Crippen molar-refractivity contribution in [3.8, 4) is 0 Å². The summed E-state index contributed by atoms with van der Waals surface area (Å²) in [4.78, 5) is 12.1. The Morgan fingerprint density at radius 1 is 1.32 bits per heavy atom. The molecule has 1 heterocycles. The Labute approximate surface area is 122 Å². The maximum atomic E-state index is 12.1. The highest BCUT2D eigenvalue weighted by Gasteiger charge is 2.36. The second kappa shape index (κ2) is 7.46. The molecule has 2 rings (SSSR count). The molecular weight excluding hydrogens is 264 g/mol. The molecule has 2 fully saturated rings. The summed E-state index contributed by atoms with van der Waals surface area (Å²) in [5, 5.41) is 16.4. The van der Waals surface area contributed by atoms with E-state index >= 15 is 0 Å². The minimum atomic E-state index is -0.264. The monoisotopic (exact) mass is 290 g/mol. The van der Waals surface area contributed by atoms with Crippen LogP contribution in [0.15, 0.2) is 0 Å². The molecule has 0 bridgehead atoms. The molecule has 2 atom stereocenters. The second-order valence-corrected chi connectivity index (χ2v) is 6.16. The first kappa shape index (κ1) is 16.7. The van der Waals surface area contributed by atoms with Crippen LogP contribution in [0.5, 0.6) is 0 Å². The molecule has 1 amide bonds. The van der Waals surface area contributed by atoms with E-state index in [1.54, 1.807) is 0 Å². The molecule has 0 spiro atoms. The number of hydrogen-bond donors (Lipinski definition) is 3. The zero-order chi connectivity index (χ0) is 13.0. The van der Waals surface area contributed by atoms with Crippen LogP contribution in [0.3, 0.4) is 0 Å². The van der Waals surface area contributed by atoms with Crippen molar-refractivity contribution in [1.82, 2.24) is 10.6 Å².